The molecule has 35 heavy (non-hydrogen) atoms. The highest BCUT2D eigenvalue weighted by Crippen LogP contribution is 2.35. The lowest BCUT2D eigenvalue weighted by molar-refractivity contribution is -0.130. The number of hydrogen-bond donors (Lipinski definition) is 4. The lowest BCUT2D eigenvalue weighted by atomic mass is 10.00. The molecule has 2 aromatic rings. The monoisotopic (exact) mass is 506 g/mol. The van der Waals surface area contributed by atoms with Gasteiger partial charge in [-0.3, -0.25) is 14.1 Å². The zero-order valence-corrected chi connectivity index (χ0v) is 20.5. The van der Waals surface area contributed by atoms with Gasteiger partial charge in [0.15, 0.2) is 5.78 Å². The van der Waals surface area contributed by atoms with Gasteiger partial charge in [0.2, 0.25) is 5.91 Å². The quantitative estimate of drug-likeness (QED) is 0.303. The summed E-state index contributed by atoms with van der Waals surface area (Å²) in [5.74, 6) is -1.32. The van der Waals surface area contributed by atoms with E-state index < -0.39 is 44.3 Å². The number of amides is 2. The summed E-state index contributed by atoms with van der Waals surface area (Å²) in [5, 5.41) is 5.14. The molecule has 2 atom stereocenters. The maximum Gasteiger partial charge on any atom is 0.470 e. The number of rotatable bonds is 13. The van der Waals surface area contributed by atoms with Crippen LogP contribution in [0.2, 0.25) is 0 Å². The molecule has 2 aromatic carbocycles. The molecule has 0 radical (unpaired) electrons. The van der Waals surface area contributed by atoms with Crippen molar-refractivity contribution in [3.05, 3.63) is 71.8 Å². The standard InChI is InChI=1S/C24H31N2O8P/c1-17(2)13-21(26-24(29)33-15-19-11-7-4-8-12-19)23(28)25-20(14-18-9-5-3-6-10-18)22(27)16-34-35(30,31)32/h3-12,17,20-21H,13-16H2,1-2H3,(H,25,28)(H,26,29)(H2,30,31,32)/t20-,21-/m0/s1. The molecular formula is C24H31N2O8P. The number of Topliss-reactive ketones (excluding diaryl/α,β-unsaturated/α-hetero) is 1. The van der Waals surface area contributed by atoms with Crippen LogP contribution in [0.1, 0.15) is 31.4 Å². The molecule has 0 fully saturated rings. The maximum absolute atomic E-state index is 13.1. The van der Waals surface area contributed by atoms with Crippen LogP contribution in [0.3, 0.4) is 0 Å². The molecule has 2 rings (SSSR count). The second-order valence-electron chi connectivity index (χ2n) is 8.37. The first-order chi connectivity index (χ1) is 16.5. The molecule has 0 saturated heterocycles. The van der Waals surface area contributed by atoms with Gasteiger partial charge in [0.25, 0.3) is 0 Å². The Bertz CT molecular complexity index is 1010. The van der Waals surface area contributed by atoms with Gasteiger partial charge in [-0.05, 0) is 29.9 Å². The van der Waals surface area contributed by atoms with E-state index in [1.54, 1.807) is 42.5 Å². The normalized spacial score (nSPS) is 13.1. The molecule has 0 unspecified atom stereocenters. The molecule has 2 amide bonds. The van der Waals surface area contributed by atoms with Crippen molar-refractivity contribution in [2.45, 2.75) is 45.4 Å². The van der Waals surface area contributed by atoms with Crippen LogP contribution < -0.4 is 10.6 Å². The summed E-state index contributed by atoms with van der Waals surface area (Å²) in [5.41, 5.74) is 1.50. The molecular weight excluding hydrogens is 475 g/mol. The van der Waals surface area contributed by atoms with E-state index in [-0.39, 0.29) is 25.4 Å². The van der Waals surface area contributed by atoms with Crippen molar-refractivity contribution in [1.82, 2.24) is 10.6 Å². The van der Waals surface area contributed by atoms with Crippen molar-refractivity contribution in [3.63, 3.8) is 0 Å². The van der Waals surface area contributed by atoms with E-state index in [1.165, 1.54) is 0 Å². The molecule has 190 valence electrons. The summed E-state index contributed by atoms with van der Waals surface area (Å²) in [6, 6.07) is 15.7. The van der Waals surface area contributed by atoms with Crippen molar-refractivity contribution >= 4 is 25.6 Å². The van der Waals surface area contributed by atoms with Crippen molar-refractivity contribution in [2.75, 3.05) is 6.61 Å². The van der Waals surface area contributed by atoms with Crippen LogP contribution in [-0.4, -0.2) is 46.3 Å². The number of nitrogens with one attached hydrogen (secondary N) is 2. The Hall–Kier alpha value is -3.04. The summed E-state index contributed by atoms with van der Waals surface area (Å²) in [6.45, 7) is 2.89. The van der Waals surface area contributed by atoms with E-state index in [1.807, 2.05) is 32.0 Å². The zero-order chi connectivity index (χ0) is 25.8. The molecule has 0 aliphatic heterocycles. The number of ether oxygens (including phenoxy) is 1. The van der Waals surface area contributed by atoms with Gasteiger partial charge in [-0.25, -0.2) is 9.36 Å². The molecule has 0 bridgehead atoms. The third-order valence-corrected chi connectivity index (χ3v) is 5.36. The molecule has 0 aliphatic rings. The van der Waals surface area contributed by atoms with Crippen LogP contribution in [0.15, 0.2) is 60.7 Å². The van der Waals surface area contributed by atoms with Crippen molar-refractivity contribution in [3.8, 4) is 0 Å². The molecule has 0 aliphatic carbocycles. The van der Waals surface area contributed by atoms with Gasteiger partial charge >= 0.3 is 13.9 Å². The predicted molar refractivity (Wildman–Crippen MR) is 128 cm³/mol. The van der Waals surface area contributed by atoms with Crippen LogP contribution in [0.25, 0.3) is 0 Å². The summed E-state index contributed by atoms with van der Waals surface area (Å²) in [6.07, 6.45) is -0.439. The number of benzene rings is 2. The highest BCUT2D eigenvalue weighted by atomic mass is 31.2. The summed E-state index contributed by atoms with van der Waals surface area (Å²) < 4.78 is 20.6. The highest BCUT2D eigenvalue weighted by molar-refractivity contribution is 7.46. The Morgan fingerprint density at radius 1 is 0.886 bits per heavy atom. The number of carbonyl (C=O) groups is 3. The average Bonchev–Trinajstić information content (AvgIpc) is 2.81. The van der Waals surface area contributed by atoms with Gasteiger partial charge in [-0.2, -0.15) is 0 Å². The fourth-order valence-corrected chi connectivity index (χ4v) is 3.52. The predicted octanol–water partition coefficient (Wildman–Crippen LogP) is 2.73. The topological polar surface area (TPSA) is 151 Å². The molecule has 0 aromatic heterocycles. The van der Waals surface area contributed by atoms with E-state index in [0.29, 0.717) is 0 Å². The van der Waals surface area contributed by atoms with Crippen LogP contribution >= 0.6 is 7.82 Å². The molecule has 0 spiro atoms. The Labute approximate surface area is 204 Å². The minimum absolute atomic E-state index is 0.0253. The first kappa shape index (κ1) is 28.2. The molecule has 4 N–H and O–H groups in total. The molecule has 10 nitrogen and oxygen atoms in total. The van der Waals surface area contributed by atoms with Crippen LogP contribution in [-0.2, 0) is 36.4 Å². The molecule has 0 saturated carbocycles. The van der Waals surface area contributed by atoms with Crippen LogP contribution in [0.5, 0.6) is 0 Å². The van der Waals surface area contributed by atoms with Gasteiger partial charge in [0, 0.05) is 0 Å². The molecule has 0 heterocycles. The smallest absolute Gasteiger partial charge is 0.445 e. The van der Waals surface area contributed by atoms with Gasteiger partial charge in [0.1, 0.15) is 19.3 Å². The Morgan fingerprint density at radius 2 is 1.46 bits per heavy atom. The second kappa shape index (κ2) is 13.7. The Morgan fingerprint density at radius 3 is 2.00 bits per heavy atom. The van der Waals surface area contributed by atoms with E-state index in [0.717, 1.165) is 11.1 Å². The third kappa shape index (κ3) is 11.3. The number of phosphoric ester groups is 1. The summed E-state index contributed by atoms with van der Waals surface area (Å²) in [7, 11) is -4.87. The van der Waals surface area contributed by atoms with Crippen LogP contribution in [0, 0.1) is 5.92 Å². The summed E-state index contributed by atoms with van der Waals surface area (Å²) in [4.78, 5) is 55.9. The van der Waals surface area contributed by atoms with E-state index in [4.69, 9.17) is 14.5 Å². The lowest BCUT2D eigenvalue weighted by Gasteiger charge is -2.24. The first-order valence-electron chi connectivity index (χ1n) is 11.1. The van der Waals surface area contributed by atoms with Gasteiger partial charge in [0.05, 0.1) is 6.04 Å². The summed E-state index contributed by atoms with van der Waals surface area (Å²) >= 11 is 0. The number of carbonyl (C=O) groups excluding carboxylic acids is 3. The fourth-order valence-electron chi connectivity index (χ4n) is 3.23. The third-order valence-electron chi connectivity index (χ3n) is 4.89. The first-order valence-corrected chi connectivity index (χ1v) is 12.6. The van der Waals surface area contributed by atoms with E-state index in [2.05, 4.69) is 15.2 Å². The number of ketones is 1. The fraction of sp³-hybridized carbons (Fsp3) is 0.375. The Kier molecular flexibility index (Phi) is 11.1. The number of hydrogen-bond acceptors (Lipinski definition) is 6. The minimum atomic E-state index is -4.87. The van der Waals surface area contributed by atoms with Gasteiger partial charge in [-0.1, -0.05) is 74.5 Å². The van der Waals surface area contributed by atoms with Crippen molar-refractivity contribution in [1.29, 1.82) is 0 Å². The lowest BCUT2D eigenvalue weighted by Crippen LogP contribution is -2.53. The highest BCUT2D eigenvalue weighted by Gasteiger charge is 2.29. The molecule has 11 heteroatoms. The van der Waals surface area contributed by atoms with Gasteiger partial charge in [-0.15, -0.1) is 0 Å². The zero-order valence-electron chi connectivity index (χ0n) is 19.6. The number of alkyl carbamates (subject to hydrolysis) is 1. The Balaban J connectivity index is 2.09. The SMILES string of the molecule is CC(C)C[C@H](NC(=O)OCc1ccccc1)C(=O)N[C@@H](Cc1ccccc1)C(=O)COP(=O)(O)O. The van der Waals surface area contributed by atoms with E-state index in [9.17, 15) is 18.9 Å². The van der Waals surface area contributed by atoms with Crippen molar-refractivity contribution in [2.24, 2.45) is 5.92 Å². The van der Waals surface area contributed by atoms with Crippen molar-refractivity contribution < 1.29 is 38.0 Å². The second-order valence-corrected chi connectivity index (χ2v) is 9.61. The largest absolute Gasteiger partial charge is 0.470 e. The van der Waals surface area contributed by atoms with Crippen LogP contribution in [0.4, 0.5) is 4.79 Å². The average molecular weight is 506 g/mol. The minimum Gasteiger partial charge on any atom is -0.445 e. The number of phosphoric acid groups is 1. The maximum atomic E-state index is 13.1. The van der Waals surface area contributed by atoms with E-state index >= 15 is 0 Å². The van der Waals surface area contributed by atoms with Gasteiger partial charge < -0.3 is 25.2 Å².